The number of benzene rings is 2. The van der Waals surface area contributed by atoms with Crippen molar-refractivity contribution in [3.63, 3.8) is 0 Å². The molecule has 3 rings (SSSR count). The van der Waals surface area contributed by atoms with E-state index in [1.54, 1.807) is 43.6 Å². The van der Waals surface area contributed by atoms with Crippen LogP contribution in [0.25, 0.3) is 0 Å². The molecular weight excluding hydrogens is 544 g/mol. The van der Waals surface area contributed by atoms with Gasteiger partial charge >= 0.3 is 18.1 Å². The van der Waals surface area contributed by atoms with E-state index in [1.165, 1.54) is 22.8 Å². The lowest BCUT2D eigenvalue weighted by atomic mass is 10.1. The number of hydrogen-bond donors (Lipinski definition) is 4. The number of para-hydroxylation sites is 1. The molecule has 4 N–H and O–H groups in total. The number of aliphatic carboxylic acids is 1. The molecule has 222 valence electrons. The number of nitrogens with zero attached hydrogens (tertiary/aromatic N) is 3. The number of nitrogens with one attached hydrogen (secondary N) is 3. The first-order valence-electron chi connectivity index (χ1n) is 12.9. The van der Waals surface area contributed by atoms with E-state index < -0.39 is 24.1 Å². The fraction of sp³-hybridized carbons (Fsp3) is 0.276. The largest absolute Gasteiger partial charge is 0.495 e. The number of amides is 4. The molecule has 0 aliphatic heterocycles. The summed E-state index contributed by atoms with van der Waals surface area (Å²) in [6, 6.07) is 12.4. The third-order valence-electron chi connectivity index (χ3n) is 6.08. The van der Waals surface area contributed by atoms with Gasteiger partial charge in [0.15, 0.2) is 0 Å². The first-order valence-corrected chi connectivity index (χ1v) is 12.9. The molecule has 4 amide bonds. The van der Waals surface area contributed by atoms with Gasteiger partial charge in [-0.25, -0.2) is 14.4 Å². The minimum absolute atomic E-state index is 0.0517. The van der Waals surface area contributed by atoms with Crippen molar-refractivity contribution < 1.29 is 33.8 Å². The van der Waals surface area contributed by atoms with E-state index in [4.69, 9.17) is 9.47 Å². The predicted molar refractivity (Wildman–Crippen MR) is 155 cm³/mol. The highest BCUT2D eigenvalue weighted by atomic mass is 16.5. The first-order chi connectivity index (χ1) is 20.1. The quantitative estimate of drug-likeness (QED) is 0.224. The summed E-state index contributed by atoms with van der Waals surface area (Å²) in [5.74, 6) is -1.05. The summed E-state index contributed by atoms with van der Waals surface area (Å²) in [7, 11) is 3.10. The number of aromatic nitrogens is 2. The standard InChI is InChI=1S/C29H34N6O7/c1-5-14-42-29(40)32-24(27(37)38)18-35-13-12-21(33-35)17-34(3)26(36)16-20-10-11-23(25(15-20)41-4)31-28(39)30-22-9-7-6-8-19(22)2/h5-13,15,24H,1,14,16-18H2,2-4H3,(H,32,40)(H,37,38)(H2,30,31,39). The van der Waals surface area contributed by atoms with Gasteiger partial charge in [0.05, 0.1) is 38.0 Å². The van der Waals surface area contributed by atoms with Crippen LogP contribution in [0.3, 0.4) is 0 Å². The molecule has 2 aromatic carbocycles. The minimum atomic E-state index is -1.27. The van der Waals surface area contributed by atoms with Gasteiger partial charge in [-0.2, -0.15) is 5.10 Å². The maximum absolute atomic E-state index is 12.9. The predicted octanol–water partition coefficient (Wildman–Crippen LogP) is 3.41. The number of carboxylic acid groups (broad SMARTS) is 1. The summed E-state index contributed by atoms with van der Waals surface area (Å²) in [6.07, 6.45) is 2.11. The van der Waals surface area contributed by atoms with Crippen molar-refractivity contribution >= 4 is 35.4 Å². The molecule has 0 aliphatic carbocycles. The van der Waals surface area contributed by atoms with Gasteiger partial charge in [-0.3, -0.25) is 9.48 Å². The Bertz CT molecular complexity index is 1440. The van der Waals surface area contributed by atoms with Crippen LogP contribution in [0, 0.1) is 6.92 Å². The Morgan fingerprint density at radius 1 is 1.12 bits per heavy atom. The monoisotopic (exact) mass is 578 g/mol. The first kappa shape index (κ1) is 31.2. The molecule has 0 saturated heterocycles. The lowest BCUT2D eigenvalue weighted by molar-refractivity contribution is -0.139. The fourth-order valence-electron chi connectivity index (χ4n) is 3.86. The number of anilines is 2. The number of carbonyl (C=O) groups is 4. The Kier molecular flexibility index (Phi) is 11.1. The van der Waals surface area contributed by atoms with Crippen molar-refractivity contribution in [1.29, 1.82) is 0 Å². The molecule has 0 spiro atoms. The number of carboxylic acids is 1. The molecule has 0 aliphatic rings. The van der Waals surface area contributed by atoms with Crippen molar-refractivity contribution in [3.05, 3.63) is 84.2 Å². The molecule has 0 fully saturated rings. The second-order valence-corrected chi connectivity index (χ2v) is 9.31. The molecule has 13 nitrogen and oxygen atoms in total. The van der Waals surface area contributed by atoms with Crippen LogP contribution in [0.15, 0.2) is 67.4 Å². The molecule has 42 heavy (non-hydrogen) atoms. The number of aryl methyl sites for hydroxylation is 1. The van der Waals surface area contributed by atoms with Crippen molar-refractivity contribution in [1.82, 2.24) is 20.0 Å². The summed E-state index contributed by atoms with van der Waals surface area (Å²) >= 11 is 0. The smallest absolute Gasteiger partial charge is 0.408 e. The number of likely N-dealkylation sites (N-methyl/N-ethyl adjacent to an activating group) is 1. The maximum atomic E-state index is 12.9. The van der Waals surface area contributed by atoms with Gasteiger partial charge < -0.3 is 35.4 Å². The molecule has 1 heterocycles. The van der Waals surface area contributed by atoms with Gasteiger partial charge in [-0.1, -0.05) is 36.9 Å². The number of hydrogen-bond acceptors (Lipinski definition) is 7. The van der Waals surface area contributed by atoms with E-state index in [0.29, 0.717) is 28.4 Å². The molecule has 0 saturated carbocycles. The highest BCUT2D eigenvalue weighted by Crippen LogP contribution is 2.26. The van der Waals surface area contributed by atoms with Crippen LogP contribution in [0.1, 0.15) is 16.8 Å². The Labute approximate surface area is 243 Å². The molecule has 1 atom stereocenters. The van der Waals surface area contributed by atoms with Crippen molar-refractivity contribution in [2.75, 3.05) is 31.4 Å². The molecule has 0 radical (unpaired) electrons. The molecule has 3 aromatic rings. The number of ether oxygens (including phenoxy) is 2. The third-order valence-corrected chi connectivity index (χ3v) is 6.08. The normalized spacial score (nSPS) is 11.1. The van der Waals surface area contributed by atoms with Gasteiger partial charge in [0, 0.05) is 18.9 Å². The zero-order valence-electron chi connectivity index (χ0n) is 23.6. The topological polar surface area (TPSA) is 164 Å². The second-order valence-electron chi connectivity index (χ2n) is 9.31. The van der Waals surface area contributed by atoms with Gasteiger partial charge in [0.2, 0.25) is 5.91 Å². The zero-order chi connectivity index (χ0) is 30.6. The third kappa shape index (κ3) is 9.11. The highest BCUT2D eigenvalue weighted by Gasteiger charge is 2.22. The van der Waals surface area contributed by atoms with Crippen LogP contribution in [-0.4, -0.2) is 70.6 Å². The molecule has 13 heteroatoms. The molecule has 1 unspecified atom stereocenters. The maximum Gasteiger partial charge on any atom is 0.408 e. The van der Waals surface area contributed by atoms with Gasteiger partial charge in [-0.05, 0) is 42.3 Å². The Balaban J connectivity index is 1.56. The van der Waals surface area contributed by atoms with Crippen LogP contribution in [0.4, 0.5) is 21.0 Å². The lowest BCUT2D eigenvalue weighted by Gasteiger charge is -2.17. The van der Waals surface area contributed by atoms with E-state index in [1.807, 2.05) is 25.1 Å². The average Bonchev–Trinajstić information content (AvgIpc) is 3.39. The van der Waals surface area contributed by atoms with E-state index in [0.717, 1.165) is 5.56 Å². The number of carbonyl (C=O) groups excluding carboxylic acids is 3. The van der Waals surface area contributed by atoms with E-state index >= 15 is 0 Å². The summed E-state index contributed by atoms with van der Waals surface area (Å²) in [4.78, 5) is 50.2. The second kappa shape index (κ2) is 14.9. The van der Waals surface area contributed by atoms with Crippen molar-refractivity contribution in [2.24, 2.45) is 0 Å². The Morgan fingerprint density at radius 3 is 2.55 bits per heavy atom. The number of methoxy groups -OCH3 is 1. The van der Waals surface area contributed by atoms with Crippen LogP contribution in [-0.2, 0) is 33.8 Å². The van der Waals surface area contributed by atoms with Gasteiger partial charge in [0.25, 0.3) is 0 Å². The summed E-state index contributed by atoms with van der Waals surface area (Å²) in [6.45, 7) is 5.30. The van der Waals surface area contributed by atoms with Crippen molar-refractivity contribution in [3.8, 4) is 5.75 Å². The fourth-order valence-corrected chi connectivity index (χ4v) is 3.86. The van der Waals surface area contributed by atoms with Gasteiger partial charge in [0.1, 0.15) is 18.4 Å². The van der Waals surface area contributed by atoms with E-state index in [9.17, 15) is 24.3 Å². The lowest BCUT2D eigenvalue weighted by Crippen LogP contribution is -2.44. The average molecular weight is 579 g/mol. The highest BCUT2D eigenvalue weighted by molar-refractivity contribution is 6.01. The van der Waals surface area contributed by atoms with E-state index in [-0.39, 0.29) is 32.0 Å². The zero-order valence-corrected chi connectivity index (χ0v) is 23.6. The molecular formula is C29H34N6O7. The van der Waals surface area contributed by atoms with Crippen LogP contribution < -0.4 is 20.7 Å². The number of alkyl carbamates (subject to hydrolysis) is 1. The minimum Gasteiger partial charge on any atom is -0.495 e. The molecule has 0 bridgehead atoms. The van der Waals surface area contributed by atoms with E-state index in [2.05, 4.69) is 27.6 Å². The van der Waals surface area contributed by atoms with Gasteiger partial charge in [-0.15, -0.1) is 0 Å². The summed E-state index contributed by atoms with van der Waals surface area (Å²) in [5.41, 5.74) is 3.26. The Hall–Kier alpha value is -5.33. The SMILES string of the molecule is C=CCOC(=O)NC(Cn1ccc(CN(C)C(=O)Cc2ccc(NC(=O)Nc3ccccc3C)c(OC)c2)n1)C(=O)O. The number of rotatable bonds is 13. The van der Waals surface area contributed by atoms with Crippen molar-refractivity contribution in [2.45, 2.75) is 32.5 Å². The summed E-state index contributed by atoms with van der Waals surface area (Å²) < 4.78 is 11.6. The molecule has 1 aromatic heterocycles. The Morgan fingerprint density at radius 2 is 1.86 bits per heavy atom. The van der Waals surface area contributed by atoms with Crippen LogP contribution >= 0.6 is 0 Å². The summed E-state index contributed by atoms with van der Waals surface area (Å²) in [5, 5.41) is 21.6. The van der Waals surface area contributed by atoms with Crippen LogP contribution in [0.2, 0.25) is 0 Å². The number of urea groups is 1. The van der Waals surface area contributed by atoms with Crippen LogP contribution in [0.5, 0.6) is 5.75 Å².